The zero-order valence-corrected chi connectivity index (χ0v) is 11.9. The largest absolute Gasteiger partial charge is 0.341 e. The van der Waals surface area contributed by atoms with Crippen LogP contribution in [-0.4, -0.2) is 45.1 Å². The lowest BCUT2D eigenvalue weighted by molar-refractivity contribution is -0.130. The van der Waals surface area contributed by atoms with Crippen LogP contribution in [0.3, 0.4) is 0 Å². The molecule has 0 spiro atoms. The maximum atomic E-state index is 12.1. The van der Waals surface area contributed by atoms with Crippen molar-refractivity contribution in [2.24, 2.45) is 17.6 Å². The Kier molecular flexibility index (Phi) is 4.19. The molecule has 1 amide bonds. The van der Waals surface area contributed by atoms with Gasteiger partial charge in [0, 0.05) is 32.0 Å². The molecule has 106 valence electrons. The van der Waals surface area contributed by atoms with Crippen molar-refractivity contribution in [2.75, 3.05) is 13.1 Å². The van der Waals surface area contributed by atoms with Gasteiger partial charge in [0.15, 0.2) is 5.82 Å². The number of nitrogens with zero attached hydrogens (tertiary/aromatic N) is 3. The van der Waals surface area contributed by atoms with E-state index >= 15 is 0 Å². The predicted octanol–water partition coefficient (Wildman–Crippen LogP) is 0.487. The molecule has 1 aliphatic heterocycles. The summed E-state index contributed by atoms with van der Waals surface area (Å²) in [5, 5.41) is 6.83. The monoisotopic (exact) mass is 265 g/mol. The summed E-state index contributed by atoms with van der Waals surface area (Å²) >= 11 is 0. The molecule has 2 heterocycles. The smallest absolute Gasteiger partial charge is 0.223 e. The van der Waals surface area contributed by atoms with Gasteiger partial charge >= 0.3 is 0 Å². The van der Waals surface area contributed by atoms with Crippen molar-refractivity contribution in [1.82, 2.24) is 20.1 Å². The highest BCUT2D eigenvalue weighted by molar-refractivity contribution is 5.76. The number of nitrogens with two attached hydrogens (primary N) is 1. The Balaban J connectivity index is 1.84. The van der Waals surface area contributed by atoms with Gasteiger partial charge in [-0.05, 0) is 18.8 Å². The van der Waals surface area contributed by atoms with Crippen LogP contribution in [0.25, 0.3) is 0 Å². The van der Waals surface area contributed by atoms with E-state index in [1.165, 1.54) is 0 Å². The average molecular weight is 265 g/mol. The maximum absolute atomic E-state index is 12.1. The van der Waals surface area contributed by atoms with E-state index in [0.29, 0.717) is 37.0 Å². The second-order valence-corrected chi connectivity index (χ2v) is 5.71. The van der Waals surface area contributed by atoms with Gasteiger partial charge in [-0.25, -0.2) is 4.98 Å². The van der Waals surface area contributed by atoms with E-state index < -0.39 is 0 Å². The molecule has 1 fully saturated rings. The molecular formula is C13H23N5O. The summed E-state index contributed by atoms with van der Waals surface area (Å²) in [6.07, 6.45) is 1.04. The number of nitrogens with one attached hydrogen (secondary N) is 1. The number of rotatable bonds is 4. The predicted molar refractivity (Wildman–Crippen MR) is 72.3 cm³/mol. The number of aryl methyl sites for hydroxylation is 2. The molecule has 0 aromatic carbocycles. The van der Waals surface area contributed by atoms with Crippen LogP contribution in [0.5, 0.6) is 0 Å². The van der Waals surface area contributed by atoms with E-state index in [1.54, 1.807) is 0 Å². The molecule has 19 heavy (non-hydrogen) atoms. The summed E-state index contributed by atoms with van der Waals surface area (Å²) in [6, 6.07) is 0.106. The first kappa shape index (κ1) is 14.0. The van der Waals surface area contributed by atoms with Crippen LogP contribution in [0.15, 0.2) is 0 Å². The second kappa shape index (κ2) is 5.69. The summed E-state index contributed by atoms with van der Waals surface area (Å²) in [7, 11) is 0. The van der Waals surface area contributed by atoms with Gasteiger partial charge in [-0.2, -0.15) is 5.10 Å². The van der Waals surface area contributed by atoms with E-state index in [0.717, 1.165) is 12.4 Å². The van der Waals surface area contributed by atoms with Crippen molar-refractivity contribution in [3.8, 4) is 0 Å². The van der Waals surface area contributed by atoms with Crippen LogP contribution in [0.1, 0.15) is 31.9 Å². The number of hydrogen-bond acceptors (Lipinski definition) is 4. The number of likely N-dealkylation sites (tertiary alicyclic amines) is 1. The van der Waals surface area contributed by atoms with Gasteiger partial charge in [0.2, 0.25) is 5.91 Å². The SMILES string of the molecule is Cc1nc(CCC(=O)N2C[C@H](C(C)C)[C@@H](N)C2)n[nH]1. The van der Waals surface area contributed by atoms with Crippen LogP contribution in [0, 0.1) is 18.8 Å². The highest BCUT2D eigenvalue weighted by atomic mass is 16.2. The maximum Gasteiger partial charge on any atom is 0.223 e. The number of carbonyl (C=O) groups is 1. The Bertz CT molecular complexity index is 442. The normalized spacial score (nSPS) is 23.3. The standard InChI is InChI=1S/C13H23N5O/c1-8(2)10-6-18(7-11(10)14)13(19)5-4-12-15-9(3)16-17-12/h8,10-11H,4-7,14H2,1-3H3,(H,15,16,17)/t10-,11+/m1/s1. The number of H-pyrrole nitrogens is 1. The molecule has 1 aromatic rings. The highest BCUT2D eigenvalue weighted by Crippen LogP contribution is 2.23. The molecule has 2 rings (SSSR count). The van der Waals surface area contributed by atoms with Crippen LogP contribution >= 0.6 is 0 Å². The minimum Gasteiger partial charge on any atom is -0.341 e. The minimum absolute atomic E-state index is 0.106. The van der Waals surface area contributed by atoms with Crippen molar-refractivity contribution in [1.29, 1.82) is 0 Å². The summed E-state index contributed by atoms with van der Waals surface area (Å²) in [4.78, 5) is 18.2. The number of aromatic amines is 1. The molecule has 1 aromatic heterocycles. The third-order valence-corrected chi connectivity index (χ3v) is 3.83. The highest BCUT2D eigenvalue weighted by Gasteiger charge is 2.34. The van der Waals surface area contributed by atoms with E-state index in [2.05, 4.69) is 29.0 Å². The quantitative estimate of drug-likeness (QED) is 0.829. The Hall–Kier alpha value is -1.43. The molecule has 6 heteroatoms. The fourth-order valence-corrected chi connectivity index (χ4v) is 2.64. The third kappa shape index (κ3) is 3.32. The van der Waals surface area contributed by atoms with Crippen LogP contribution in [0.4, 0.5) is 0 Å². The summed E-state index contributed by atoms with van der Waals surface area (Å²) in [5.74, 6) is 2.57. The molecule has 0 aliphatic carbocycles. The molecule has 0 unspecified atom stereocenters. The minimum atomic E-state index is 0.106. The lowest BCUT2D eigenvalue weighted by Gasteiger charge is -2.18. The Morgan fingerprint density at radius 2 is 2.26 bits per heavy atom. The summed E-state index contributed by atoms with van der Waals surface area (Å²) < 4.78 is 0. The molecule has 6 nitrogen and oxygen atoms in total. The van der Waals surface area contributed by atoms with E-state index in [4.69, 9.17) is 5.73 Å². The number of amides is 1. The van der Waals surface area contributed by atoms with Gasteiger partial charge in [-0.1, -0.05) is 13.8 Å². The molecular weight excluding hydrogens is 242 g/mol. The molecule has 0 radical (unpaired) electrons. The molecule has 1 saturated heterocycles. The first-order chi connectivity index (χ1) is 8.97. The summed E-state index contributed by atoms with van der Waals surface area (Å²) in [5.41, 5.74) is 6.10. The fourth-order valence-electron chi connectivity index (χ4n) is 2.64. The van der Waals surface area contributed by atoms with Crippen LogP contribution in [-0.2, 0) is 11.2 Å². The number of hydrogen-bond donors (Lipinski definition) is 2. The lowest BCUT2D eigenvalue weighted by Crippen LogP contribution is -2.33. The molecule has 0 bridgehead atoms. The van der Waals surface area contributed by atoms with Crippen molar-refractivity contribution in [2.45, 2.75) is 39.7 Å². The number of aromatic nitrogens is 3. The van der Waals surface area contributed by atoms with Gasteiger partial charge in [0.1, 0.15) is 5.82 Å². The van der Waals surface area contributed by atoms with Gasteiger partial charge in [0.25, 0.3) is 0 Å². The fraction of sp³-hybridized carbons (Fsp3) is 0.769. The third-order valence-electron chi connectivity index (χ3n) is 3.83. The first-order valence-electron chi connectivity index (χ1n) is 6.88. The van der Waals surface area contributed by atoms with Crippen molar-refractivity contribution in [3.63, 3.8) is 0 Å². The van der Waals surface area contributed by atoms with E-state index in [1.807, 2.05) is 11.8 Å². The number of carbonyl (C=O) groups excluding carboxylic acids is 1. The zero-order chi connectivity index (χ0) is 14.0. The van der Waals surface area contributed by atoms with E-state index in [9.17, 15) is 4.79 Å². The van der Waals surface area contributed by atoms with Crippen LogP contribution in [0.2, 0.25) is 0 Å². The molecule has 1 aliphatic rings. The Morgan fingerprint density at radius 3 is 2.79 bits per heavy atom. The van der Waals surface area contributed by atoms with E-state index in [-0.39, 0.29) is 11.9 Å². The first-order valence-corrected chi connectivity index (χ1v) is 6.88. The topological polar surface area (TPSA) is 87.9 Å². The van der Waals surface area contributed by atoms with Gasteiger partial charge in [-0.15, -0.1) is 0 Å². The van der Waals surface area contributed by atoms with Gasteiger partial charge in [-0.3, -0.25) is 9.89 Å². The molecule has 0 saturated carbocycles. The Labute approximate surface area is 113 Å². The molecule has 3 N–H and O–H groups in total. The zero-order valence-electron chi connectivity index (χ0n) is 11.9. The van der Waals surface area contributed by atoms with Crippen molar-refractivity contribution >= 4 is 5.91 Å². The Morgan fingerprint density at radius 1 is 1.53 bits per heavy atom. The van der Waals surface area contributed by atoms with Crippen molar-refractivity contribution < 1.29 is 4.79 Å². The lowest BCUT2D eigenvalue weighted by atomic mass is 9.92. The van der Waals surface area contributed by atoms with Gasteiger partial charge in [0.05, 0.1) is 0 Å². The average Bonchev–Trinajstić information content (AvgIpc) is 2.92. The van der Waals surface area contributed by atoms with Crippen LogP contribution < -0.4 is 5.73 Å². The van der Waals surface area contributed by atoms with Crippen molar-refractivity contribution in [3.05, 3.63) is 11.6 Å². The summed E-state index contributed by atoms with van der Waals surface area (Å²) in [6.45, 7) is 7.63. The molecule has 2 atom stereocenters. The van der Waals surface area contributed by atoms with Gasteiger partial charge < -0.3 is 10.6 Å². The second-order valence-electron chi connectivity index (χ2n) is 5.71.